The molecule has 1 aromatic heterocycles. The van der Waals surface area contributed by atoms with Crippen LogP contribution in [0.15, 0.2) is 36.5 Å². The number of halogens is 2. The van der Waals surface area contributed by atoms with Crippen molar-refractivity contribution in [1.82, 2.24) is 4.98 Å². The van der Waals surface area contributed by atoms with Crippen molar-refractivity contribution in [1.29, 1.82) is 5.26 Å². The molecular weight excluding hydrogens is 311 g/mol. The molecule has 0 unspecified atom stereocenters. The molecule has 2 aromatic rings. The third-order valence-corrected chi connectivity index (χ3v) is 3.17. The van der Waals surface area contributed by atoms with Gasteiger partial charge in [-0.15, -0.1) is 0 Å². The van der Waals surface area contributed by atoms with E-state index in [9.17, 15) is 4.39 Å². The topological polar surface area (TPSA) is 45.9 Å². The standard InChI is InChI=1S/C14H10BrFN2O/c15-7-10-3-1-5-12(16)14(10)19-9-11-4-2-6-18-13(11)8-17/h1-6H,7,9H2. The average molecular weight is 321 g/mol. The summed E-state index contributed by atoms with van der Waals surface area (Å²) < 4.78 is 19.2. The molecule has 0 saturated heterocycles. The Morgan fingerprint density at radius 1 is 1.26 bits per heavy atom. The summed E-state index contributed by atoms with van der Waals surface area (Å²) in [6.45, 7) is 0.109. The molecule has 0 fully saturated rings. The predicted octanol–water partition coefficient (Wildman–Crippen LogP) is 3.57. The molecule has 0 aliphatic rings. The second-order valence-electron chi connectivity index (χ2n) is 3.77. The molecule has 0 radical (unpaired) electrons. The first-order chi connectivity index (χ1) is 9.26. The molecule has 0 aliphatic carbocycles. The lowest BCUT2D eigenvalue weighted by atomic mass is 10.2. The second kappa shape index (κ2) is 6.30. The molecule has 96 valence electrons. The normalized spacial score (nSPS) is 9.95. The van der Waals surface area contributed by atoms with E-state index in [2.05, 4.69) is 20.9 Å². The summed E-state index contributed by atoms with van der Waals surface area (Å²) in [5, 5.41) is 9.42. The molecule has 2 rings (SSSR count). The Morgan fingerprint density at radius 2 is 2.05 bits per heavy atom. The molecule has 3 nitrogen and oxygen atoms in total. The van der Waals surface area contributed by atoms with Gasteiger partial charge >= 0.3 is 0 Å². The molecule has 0 saturated carbocycles. The van der Waals surface area contributed by atoms with E-state index >= 15 is 0 Å². The first kappa shape index (κ1) is 13.5. The summed E-state index contributed by atoms with van der Waals surface area (Å²) >= 11 is 3.29. The highest BCUT2D eigenvalue weighted by molar-refractivity contribution is 9.08. The molecule has 0 bridgehead atoms. The van der Waals surface area contributed by atoms with Crippen LogP contribution >= 0.6 is 15.9 Å². The van der Waals surface area contributed by atoms with Crippen LogP contribution in [0.2, 0.25) is 0 Å². The number of para-hydroxylation sites is 1. The van der Waals surface area contributed by atoms with Gasteiger partial charge in [-0.25, -0.2) is 9.37 Å². The number of rotatable bonds is 4. The molecule has 0 atom stereocenters. The van der Waals surface area contributed by atoms with Gasteiger partial charge in [0.25, 0.3) is 0 Å². The van der Waals surface area contributed by atoms with Gasteiger partial charge in [0, 0.05) is 22.7 Å². The summed E-state index contributed by atoms with van der Waals surface area (Å²) in [6, 6.07) is 10.2. The van der Waals surface area contributed by atoms with E-state index in [1.807, 2.05) is 6.07 Å². The number of aromatic nitrogens is 1. The Bertz CT molecular complexity index is 625. The lowest BCUT2D eigenvalue weighted by Gasteiger charge is -2.11. The van der Waals surface area contributed by atoms with Crippen LogP contribution in [0, 0.1) is 17.1 Å². The fourth-order valence-electron chi connectivity index (χ4n) is 1.63. The minimum Gasteiger partial charge on any atom is -0.485 e. The van der Waals surface area contributed by atoms with E-state index in [0.717, 1.165) is 5.56 Å². The minimum atomic E-state index is -0.417. The molecule has 0 amide bonds. The SMILES string of the molecule is N#Cc1ncccc1COc1c(F)cccc1CBr. The fraction of sp³-hybridized carbons (Fsp3) is 0.143. The van der Waals surface area contributed by atoms with Crippen LogP contribution < -0.4 is 4.74 Å². The van der Waals surface area contributed by atoms with E-state index in [4.69, 9.17) is 10.00 Å². The first-order valence-electron chi connectivity index (χ1n) is 5.56. The molecule has 0 spiro atoms. The fourth-order valence-corrected chi connectivity index (χ4v) is 2.07. The van der Waals surface area contributed by atoms with Crippen molar-refractivity contribution >= 4 is 15.9 Å². The van der Waals surface area contributed by atoms with Crippen molar-refractivity contribution in [3.8, 4) is 11.8 Å². The number of hydrogen-bond donors (Lipinski definition) is 0. The number of alkyl halides is 1. The predicted molar refractivity (Wildman–Crippen MR) is 72.3 cm³/mol. The van der Waals surface area contributed by atoms with Crippen LogP contribution in [0.1, 0.15) is 16.8 Å². The lowest BCUT2D eigenvalue weighted by molar-refractivity contribution is 0.287. The lowest BCUT2D eigenvalue weighted by Crippen LogP contribution is -2.03. The molecule has 1 heterocycles. The maximum atomic E-state index is 13.7. The smallest absolute Gasteiger partial charge is 0.165 e. The Morgan fingerprint density at radius 3 is 2.79 bits per heavy atom. The number of pyridine rings is 1. The van der Waals surface area contributed by atoms with Gasteiger partial charge in [-0.05, 0) is 12.1 Å². The van der Waals surface area contributed by atoms with Gasteiger partial charge in [0.05, 0.1) is 0 Å². The number of ether oxygens (including phenoxy) is 1. The summed E-state index contributed by atoms with van der Waals surface area (Å²) in [4.78, 5) is 3.93. The van der Waals surface area contributed by atoms with Crippen LogP contribution in [0.25, 0.3) is 0 Å². The summed E-state index contributed by atoms with van der Waals surface area (Å²) in [6.07, 6.45) is 1.54. The summed E-state index contributed by atoms with van der Waals surface area (Å²) in [7, 11) is 0. The molecular formula is C14H10BrFN2O. The molecule has 1 aromatic carbocycles. The molecule has 0 N–H and O–H groups in total. The Balaban J connectivity index is 2.22. The van der Waals surface area contributed by atoms with Crippen LogP contribution in [0.3, 0.4) is 0 Å². The maximum absolute atomic E-state index is 13.7. The van der Waals surface area contributed by atoms with Crippen molar-refractivity contribution in [2.45, 2.75) is 11.9 Å². The highest BCUT2D eigenvalue weighted by Gasteiger charge is 2.10. The largest absolute Gasteiger partial charge is 0.485 e. The third kappa shape index (κ3) is 3.09. The third-order valence-electron chi connectivity index (χ3n) is 2.56. The van der Waals surface area contributed by atoms with Gasteiger partial charge in [-0.3, -0.25) is 0 Å². The maximum Gasteiger partial charge on any atom is 0.165 e. The summed E-state index contributed by atoms with van der Waals surface area (Å²) in [5.41, 5.74) is 1.65. The van der Waals surface area contributed by atoms with Gasteiger partial charge in [0.2, 0.25) is 0 Å². The average Bonchev–Trinajstić information content (AvgIpc) is 2.46. The van der Waals surface area contributed by atoms with Crippen molar-refractivity contribution in [2.75, 3.05) is 0 Å². The van der Waals surface area contributed by atoms with Gasteiger partial charge in [-0.2, -0.15) is 5.26 Å². The zero-order valence-electron chi connectivity index (χ0n) is 9.94. The summed E-state index contributed by atoms with van der Waals surface area (Å²) in [5.74, 6) is -0.216. The number of hydrogen-bond acceptors (Lipinski definition) is 3. The highest BCUT2D eigenvalue weighted by Crippen LogP contribution is 2.25. The Labute approximate surface area is 118 Å². The zero-order chi connectivity index (χ0) is 13.7. The molecule has 19 heavy (non-hydrogen) atoms. The Kier molecular flexibility index (Phi) is 4.48. The van der Waals surface area contributed by atoms with Gasteiger partial charge in [0.15, 0.2) is 11.6 Å². The Hall–Kier alpha value is -1.93. The monoisotopic (exact) mass is 320 g/mol. The van der Waals surface area contributed by atoms with E-state index in [0.29, 0.717) is 16.6 Å². The van der Waals surface area contributed by atoms with E-state index in [1.54, 1.807) is 24.3 Å². The molecule has 5 heteroatoms. The second-order valence-corrected chi connectivity index (χ2v) is 4.33. The van der Waals surface area contributed by atoms with Gasteiger partial charge in [0.1, 0.15) is 18.4 Å². The van der Waals surface area contributed by atoms with E-state index < -0.39 is 5.82 Å². The van der Waals surface area contributed by atoms with Crippen molar-refractivity contribution in [3.63, 3.8) is 0 Å². The van der Waals surface area contributed by atoms with Crippen molar-refractivity contribution < 1.29 is 9.13 Å². The van der Waals surface area contributed by atoms with Gasteiger partial charge in [-0.1, -0.05) is 34.1 Å². The number of nitrogens with zero attached hydrogens (tertiary/aromatic N) is 2. The molecule has 0 aliphatic heterocycles. The minimum absolute atomic E-state index is 0.109. The van der Waals surface area contributed by atoms with E-state index in [1.165, 1.54) is 12.3 Å². The van der Waals surface area contributed by atoms with Gasteiger partial charge < -0.3 is 4.74 Å². The zero-order valence-corrected chi connectivity index (χ0v) is 11.5. The van der Waals surface area contributed by atoms with Crippen LogP contribution in [-0.2, 0) is 11.9 Å². The van der Waals surface area contributed by atoms with Crippen molar-refractivity contribution in [2.24, 2.45) is 0 Å². The van der Waals surface area contributed by atoms with Crippen LogP contribution in [0.5, 0.6) is 5.75 Å². The quantitative estimate of drug-likeness (QED) is 0.809. The van der Waals surface area contributed by atoms with E-state index in [-0.39, 0.29) is 12.4 Å². The highest BCUT2D eigenvalue weighted by atomic mass is 79.9. The van der Waals surface area contributed by atoms with Crippen LogP contribution in [0.4, 0.5) is 4.39 Å². The van der Waals surface area contributed by atoms with Crippen molar-refractivity contribution in [3.05, 3.63) is 59.2 Å². The first-order valence-corrected chi connectivity index (χ1v) is 6.68. The van der Waals surface area contributed by atoms with Crippen LogP contribution in [-0.4, -0.2) is 4.98 Å². The number of nitriles is 1. The number of benzene rings is 1.